The van der Waals surface area contributed by atoms with Crippen LogP contribution in [0.2, 0.25) is 0 Å². The van der Waals surface area contributed by atoms with Gasteiger partial charge in [-0.3, -0.25) is 9.67 Å². The number of ether oxygens (including phenoxy) is 2. The zero-order valence-electron chi connectivity index (χ0n) is 13.2. The monoisotopic (exact) mass is 320 g/mol. The highest BCUT2D eigenvalue weighted by molar-refractivity contribution is 6.08. The van der Waals surface area contributed by atoms with Gasteiger partial charge in [0.2, 0.25) is 0 Å². The molecule has 3 aromatic heterocycles. The minimum absolute atomic E-state index is 0.167. The largest absolute Gasteiger partial charge is 0.486 e. The fraction of sp³-hybridized carbons (Fsp3) is 0.222. The van der Waals surface area contributed by atoms with Crippen molar-refractivity contribution in [2.24, 2.45) is 7.05 Å². The van der Waals surface area contributed by atoms with Crippen LogP contribution in [0, 0.1) is 0 Å². The SMILES string of the molecule is Cn1cc(-c2cc3c(cn2)[nH]c2ccc(OC4COC4)cc23)cn1. The number of aryl methyl sites for hydroxylation is 1. The Morgan fingerprint density at radius 2 is 2.04 bits per heavy atom. The van der Waals surface area contributed by atoms with Gasteiger partial charge in [-0.2, -0.15) is 5.10 Å². The summed E-state index contributed by atoms with van der Waals surface area (Å²) >= 11 is 0. The molecular formula is C18H16N4O2. The van der Waals surface area contributed by atoms with E-state index in [0.717, 1.165) is 38.8 Å². The van der Waals surface area contributed by atoms with E-state index in [1.54, 1.807) is 4.68 Å². The fourth-order valence-electron chi connectivity index (χ4n) is 3.04. The maximum atomic E-state index is 5.93. The van der Waals surface area contributed by atoms with Gasteiger partial charge >= 0.3 is 0 Å². The van der Waals surface area contributed by atoms with Gasteiger partial charge in [-0.15, -0.1) is 0 Å². The Hall–Kier alpha value is -2.86. The van der Waals surface area contributed by atoms with E-state index in [0.29, 0.717) is 13.2 Å². The quantitative estimate of drug-likeness (QED) is 0.630. The summed E-state index contributed by atoms with van der Waals surface area (Å²) in [6.45, 7) is 1.34. The van der Waals surface area contributed by atoms with Crippen LogP contribution in [0.3, 0.4) is 0 Å². The summed E-state index contributed by atoms with van der Waals surface area (Å²) in [6, 6.07) is 8.22. The van der Waals surface area contributed by atoms with E-state index in [1.807, 2.05) is 37.8 Å². The molecular weight excluding hydrogens is 304 g/mol. The number of nitrogens with zero attached hydrogens (tertiary/aromatic N) is 3. The molecule has 1 aromatic carbocycles. The molecule has 4 heterocycles. The number of rotatable bonds is 3. The molecule has 5 rings (SSSR count). The lowest BCUT2D eigenvalue weighted by atomic mass is 10.1. The predicted octanol–water partition coefficient (Wildman–Crippen LogP) is 2.89. The van der Waals surface area contributed by atoms with E-state index in [9.17, 15) is 0 Å². The van der Waals surface area contributed by atoms with E-state index in [-0.39, 0.29) is 6.10 Å². The zero-order chi connectivity index (χ0) is 16.1. The summed E-state index contributed by atoms with van der Waals surface area (Å²) in [5.41, 5.74) is 4.01. The lowest BCUT2D eigenvalue weighted by Gasteiger charge is -2.26. The number of H-pyrrole nitrogens is 1. The highest BCUT2D eigenvalue weighted by Gasteiger charge is 2.20. The number of aromatic nitrogens is 4. The molecule has 1 aliphatic rings. The molecule has 1 fully saturated rings. The zero-order valence-corrected chi connectivity index (χ0v) is 13.2. The third-order valence-corrected chi connectivity index (χ3v) is 4.37. The second kappa shape index (κ2) is 5.07. The van der Waals surface area contributed by atoms with Crippen molar-refractivity contribution < 1.29 is 9.47 Å². The van der Waals surface area contributed by atoms with E-state index >= 15 is 0 Å². The number of nitrogens with one attached hydrogen (secondary N) is 1. The molecule has 0 bridgehead atoms. The average molecular weight is 320 g/mol. The molecule has 0 aliphatic carbocycles. The van der Waals surface area contributed by atoms with Gasteiger partial charge in [-0.25, -0.2) is 0 Å². The van der Waals surface area contributed by atoms with Crippen molar-refractivity contribution in [3.63, 3.8) is 0 Å². The molecule has 0 amide bonds. The minimum atomic E-state index is 0.167. The summed E-state index contributed by atoms with van der Waals surface area (Å²) < 4.78 is 12.9. The molecule has 0 atom stereocenters. The minimum Gasteiger partial charge on any atom is -0.486 e. The molecule has 6 nitrogen and oxygen atoms in total. The van der Waals surface area contributed by atoms with Gasteiger partial charge in [0.15, 0.2) is 0 Å². The van der Waals surface area contributed by atoms with Gasteiger partial charge in [-0.05, 0) is 24.3 Å². The molecule has 0 unspecified atom stereocenters. The van der Waals surface area contributed by atoms with Crippen LogP contribution >= 0.6 is 0 Å². The van der Waals surface area contributed by atoms with E-state index in [1.165, 1.54) is 0 Å². The van der Waals surface area contributed by atoms with Crippen LogP contribution in [0.25, 0.3) is 33.1 Å². The summed E-state index contributed by atoms with van der Waals surface area (Å²) in [6.07, 6.45) is 5.83. The van der Waals surface area contributed by atoms with Gasteiger partial charge in [0.25, 0.3) is 0 Å². The third kappa shape index (κ3) is 2.15. The Morgan fingerprint density at radius 3 is 2.79 bits per heavy atom. The second-order valence-electron chi connectivity index (χ2n) is 6.13. The molecule has 1 aliphatic heterocycles. The molecule has 1 N–H and O–H groups in total. The van der Waals surface area contributed by atoms with Crippen molar-refractivity contribution in [1.82, 2.24) is 19.7 Å². The van der Waals surface area contributed by atoms with Gasteiger partial charge in [0.1, 0.15) is 11.9 Å². The van der Waals surface area contributed by atoms with Crippen molar-refractivity contribution in [3.05, 3.63) is 42.9 Å². The molecule has 120 valence electrons. The molecule has 1 saturated heterocycles. The normalized spacial score (nSPS) is 15.0. The van der Waals surface area contributed by atoms with Crippen molar-refractivity contribution in [2.75, 3.05) is 13.2 Å². The topological polar surface area (TPSA) is 65.0 Å². The third-order valence-electron chi connectivity index (χ3n) is 4.37. The molecule has 6 heteroatoms. The number of fused-ring (bicyclic) bond motifs is 3. The summed E-state index contributed by atoms with van der Waals surface area (Å²) in [5, 5.41) is 6.49. The van der Waals surface area contributed by atoms with E-state index in [2.05, 4.69) is 27.2 Å². The van der Waals surface area contributed by atoms with E-state index < -0.39 is 0 Å². The van der Waals surface area contributed by atoms with Crippen LogP contribution < -0.4 is 4.74 Å². The van der Waals surface area contributed by atoms with Gasteiger partial charge in [0, 0.05) is 35.1 Å². The number of pyridine rings is 1. The molecule has 0 spiro atoms. The smallest absolute Gasteiger partial charge is 0.145 e. The van der Waals surface area contributed by atoms with Crippen LogP contribution in [0.1, 0.15) is 0 Å². The summed E-state index contributed by atoms with van der Waals surface area (Å²) in [7, 11) is 1.90. The van der Waals surface area contributed by atoms with E-state index in [4.69, 9.17) is 9.47 Å². The predicted molar refractivity (Wildman–Crippen MR) is 91.0 cm³/mol. The Bertz CT molecular complexity index is 1050. The molecule has 24 heavy (non-hydrogen) atoms. The van der Waals surface area contributed by atoms with Crippen molar-refractivity contribution in [3.8, 4) is 17.0 Å². The van der Waals surface area contributed by atoms with Crippen LogP contribution in [0.15, 0.2) is 42.9 Å². The molecule has 0 radical (unpaired) electrons. The number of hydrogen-bond acceptors (Lipinski definition) is 4. The lowest BCUT2D eigenvalue weighted by molar-refractivity contribution is -0.0796. The van der Waals surface area contributed by atoms with Crippen LogP contribution in [-0.2, 0) is 11.8 Å². The van der Waals surface area contributed by atoms with Crippen molar-refractivity contribution in [2.45, 2.75) is 6.10 Å². The van der Waals surface area contributed by atoms with Gasteiger partial charge in [0.05, 0.1) is 36.8 Å². The Morgan fingerprint density at radius 1 is 1.17 bits per heavy atom. The summed E-state index contributed by atoms with van der Waals surface area (Å²) in [5.74, 6) is 0.872. The maximum Gasteiger partial charge on any atom is 0.145 e. The van der Waals surface area contributed by atoms with Crippen molar-refractivity contribution >= 4 is 21.8 Å². The van der Waals surface area contributed by atoms with Gasteiger partial charge < -0.3 is 14.5 Å². The lowest BCUT2D eigenvalue weighted by Crippen LogP contribution is -2.38. The Kier molecular flexibility index (Phi) is 2.87. The number of hydrogen-bond donors (Lipinski definition) is 1. The number of benzene rings is 1. The highest BCUT2D eigenvalue weighted by Crippen LogP contribution is 2.31. The first-order valence-electron chi connectivity index (χ1n) is 7.91. The second-order valence-corrected chi connectivity index (χ2v) is 6.13. The maximum absolute atomic E-state index is 5.93. The summed E-state index contributed by atoms with van der Waals surface area (Å²) in [4.78, 5) is 7.95. The van der Waals surface area contributed by atoms with Crippen LogP contribution in [-0.4, -0.2) is 39.1 Å². The van der Waals surface area contributed by atoms with Gasteiger partial charge in [-0.1, -0.05) is 0 Å². The average Bonchev–Trinajstić information content (AvgIpc) is 3.13. The first-order chi connectivity index (χ1) is 11.8. The number of aromatic amines is 1. The highest BCUT2D eigenvalue weighted by atomic mass is 16.6. The van der Waals surface area contributed by atoms with Crippen molar-refractivity contribution in [1.29, 1.82) is 0 Å². The van der Waals surface area contributed by atoms with Crippen LogP contribution in [0.4, 0.5) is 0 Å². The standard InChI is InChI=1S/C18H16N4O2/c1-22-8-11(6-20-22)17-5-15-14-4-12(24-13-9-23-10-13)2-3-16(14)21-18(15)7-19-17/h2-8,13,21H,9-10H2,1H3. The molecule has 4 aromatic rings. The fourth-order valence-corrected chi connectivity index (χ4v) is 3.04. The first kappa shape index (κ1) is 13.6. The first-order valence-corrected chi connectivity index (χ1v) is 7.91. The Labute approximate surface area is 138 Å². The Balaban J connectivity index is 1.63. The molecule has 0 saturated carbocycles. The van der Waals surface area contributed by atoms with Crippen LogP contribution in [0.5, 0.6) is 5.75 Å².